The van der Waals surface area contributed by atoms with Gasteiger partial charge < -0.3 is 14.5 Å². The molecule has 2 fully saturated rings. The molecule has 1 atom stereocenters. The van der Waals surface area contributed by atoms with E-state index in [2.05, 4.69) is 22.9 Å². The van der Waals surface area contributed by atoms with Crippen LogP contribution in [0.1, 0.15) is 29.4 Å². The predicted octanol–water partition coefficient (Wildman–Crippen LogP) is 3.52. The van der Waals surface area contributed by atoms with Gasteiger partial charge in [-0.25, -0.2) is 0 Å². The van der Waals surface area contributed by atoms with Crippen molar-refractivity contribution in [2.45, 2.75) is 19.8 Å². The molecule has 1 amide bonds. The van der Waals surface area contributed by atoms with Crippen LogP contribution in [0.4, 0.5) is 5.00 Å². The number of thiophene rings is 1. The van der Waals surface area contributed by atoms with Crippen LogP contribution < -0.4 is 4.90 Å². The van der Waals surface area contributed by atoms with E-state index in [0.29, 0.717) is 5.92 Å². The summed E-state index contributed by atoms with van der Waals surface area (Å²) in [7, 11) is 0. The van der Waals surface area contributed by atoms with Gasteiger partial charge in [0.05, 0.1) is 23.1 Å². The average molecular weight is 372 g/mol. The number of hydrogen-bond donors (Lipinski definition) is 0. The van der Waals surface area contributed by atoms with Crippen LogP contribution in [0.25, 0.3) is 11.1 Å². The zero-order valence-corrected chi connectivity index (χ0v) is 16.0. The molecule has 2 aliphatic heterocycles. The third-order valence-corrected chi connectivity index (χ3v) is 6.34. The number of rotatable bonds is 3. The molecule has 2 aliphatic rings. The van der Waals surface area contributed by atoms with Gasteiger partial charge in [0.25, 0.3) is 5.91 Å². The summed E-state index contributed by atoms with van der Waals surface area (Å²) >= 11 is 1.62. The van der Waals surface area contributed by atoms with E-state index in [-0.39, 0.29) is 5.91 Å². The minimum atomic E-state index is 0.177. The fraction of sp³-hybridized carbons (Fsp3) is 0.500. The first-order valence-corrected chi connectivity index (χ1v) is 10.2. The molecule has 2 aromatic rings. The van der Waals surface area contributed by atoms with Gasteiger partial charge in [-0.2, -0.15) is 0 Å². The van der Waals surface area contributed by atoms with Gasteiger partial charge >= 0.3 is 0 Å². The van der Waals surface area contributed by atoms with Crippen molar-refractivity contribution in [3.63, 3.8) is 0 Å². The van der Waals surface area contributed by atoms with Crippen LogP contribution in [0.15, 0.2) is 30.6 Å². The Kier molecular flexibility index (Phi) is 5.22. The second-order valence-electron chi connectivity index (χ2n) is 7.16. The highest BCUT2D eigenvalue weighted by atomic mass is 32.1. The van der Waals surface area contributed by atoms with Gasteiger partial charge in [-0.3, -0.25) is 9.78 Å². The van der Waals surface area contributed by atoms with Crippen LogP contribution in [0.2, 0.25) is 0 Å². The molecule has 0 saturated carbocycles. The Balaban J connectivity index is 1.67. The number of likely N-dealkylation sites (tertiary alicyclic amines) is 1. The molecule has 26 heavy (non-hydrogen) atoms. The number of hydrogen-bond acceptors (Lipinski definition) is 5. The Bertz CT molecular complexity index is 756. The fourth-order valence-corrected chi connectivity index (χ4v) is 4.96. The van der Waals surface area contributed by atoms with Gasteiger partial charge in [-0.05, 0) is 42.5 Å². The summed E-state index contributed by atoms with van der Waals surface area (Å²) in [6, 6.07) is 6.11. The first-order chi connectivity index (χ1) is 12.7. The summed E-state index contributed by atoms with van der Waals surface area (Å²) in [4.78, 5) is 22.5. The number of aromatic nitrogens is 1. The molecule has 138 valence electrons. The fourth-order valence-electron chi connectivity index (χ4n) is 3.76. The largest absolute Gasteiger partial charge is 0.378 e. The predicted molar refractivity (Wildman–Crippen MR) is 105 cm³/mol. The molecule has 2 aromatic heterocycles. The van der Waals surface area contributed by atoms with Crippen molar-refractivity contribution >= 4 is 22.2 Å². The summed E-state index contributed by atoms with van der Waals surface area (Å²) in [6.45, 7) is 7.18. The monoisotopic (exact) mass is 371 g/mol. The van der Waals surface area contributed by atoms with E-state index in [4.69, 9.17) is 4.74 Å². The molecule has 0 N–H and O–H groups in total. The molecule has 0 bridgehead atoms. The van der Waals surface area contributed by atoms with Crippen molar-refractivity contribution in [3.8, 4) is 11.1 Å². The standard InChI is InChI=1S/C20H25N3O2S/c1-15-3-2-8-23(14-15)19(24)18-13-17(16-4-6-21-7-5-16)20(26-18)22-9-11-25-12-10-22/h4-7,13,15H,2-3,8-12,14H2,1H3/t15-/m1/s1. The quantitative estimate of drug-likeness (QED) is 0.828. The van der Waals surface area contributed by atoms with Crippen molar-refractivity contribution in [3.05, 3.63) is 35.5 Å². The third kappa shape index (κ3) is 3.62. The number of anilines is 1. The lowest BCUT2D eigenvalue weighted by molar-refractivity contribution is 0.0688. The minimum Gasteiger partial charge on any atom is -0.378 e. The molecule has 4 rings (SSSR count). The van der Waals surface area contributed by atoms with Crippen molar-refractivity contribution in [2.75, 3.05) is 44.3 Å². The molecule has 0 unspecified atom stereocenters. The third-order valence-electron chi connectivity index (χ3n) is 5.16. The van der Waals surface area contributed by atoms with E-state index < -0.39 is 0 Å². The van der Waals surface area contributed by atoms with Gasteiger partial charge in [0.1, 0.15) is 0 Å². The highest BCUT2D eigenvalue weighted by Crippen LogP contribution is 2.40. The number of nitrogens with zero attached hydrogens (tertiary/aromatic N) is 3. The van der Waals surface area contributed by atoms with Crippen LogP contribution >= 0.6 is 11.3 Å². The Morgan fingerprint density at radius 2 is 2.00 bits per heavy atom. The van der Waals surface area contributed by atoms with Crippen LogP contribution in [0, 0.1) is 5.92 Å². The Labute approximate surface area is 158 Å². The lowest BCUT2D eigenvalue weighted by Gasteiger charge is -2.30. The van der Waals surface area contributed by atoms with E-state index in [0.717, 1.165) is 61.8 Å². The number of carbonyl (C=O) groups is 1. The van der Waals surface area contributed by atoms with Crippen molar-refractivity contribution in [2.24, 2.45) is 5.92 Å². The van der Waals surface area contributed by atoms with Gasteiger partial charge in [0.2, 0.25) is 0 Å². The summed E-state index contributed by atoms with van der Waals surface area (Å²) in [6.07, 6.45) is 5.94. The van der Waals surface area contributed by atoms with Gasteiger partial charge in [0.15, 0.2) is 0 Å². The first kappa shape index (κ1) is 17.5. The van der Waals surface area contributed by atoms with Crippen LogP contribution in [0.3, 0.4) is 0 Å². The van der Waals surface area contributed by atoms with Gasteiger partial charge in [-0.15, -0.1) is 11.3 Å². The van der Waals surface area contributed by atoms with Gasteiger partial charge in [-0.1, -0.05) is 6.92 Å². The average Bonchev–Trinajstić information content (AvgIpc) is 3.14. The highest BCUT2D eigenvalue weighted by molar-refractivity contribution is 7.18. The molecule has 2 saturated heterocycles. The molecule has 0 aliphatic carbocycles. The number of pyridine rings is 1. The van der Waals surface area contributed by atoms with Gasteiger partial charge in [0, 0.05) is 44.1 Å². The Morgan fingerprint density at radius 1 is 1.23 bits per heavy atom. The smallest absolute Gasteiger partial charge is 0.264 e. The van der Waals surface area contributed by atoms with E-state index in [1.807, 2.05) is 29.4 Å². The van der Waals surface area contributed by atoms with Crippen molar-refractivity contribution in [1.82, 2.24) is 9.88 Å². The number of piperidine rings is 1. The summed E-state index contributed by atoms with van der Waals surface area (Å²) in [5, 5.41) is 1.17. The first-order valence-electron chi connectivity index (χ1n) is 9.38. The zero-order chi connectivity index (χ0) is 17.9. The second kappa shape index (κ2) is 7.76. The summed E-state index contributed by atoms with van der Waals surface area (Å²) in [5.41, 5.74) is 2.25. The minimum absolute atomic E-state index is 0.177. The molecular weight excluding hydrogens is 346 g/mol. The summed E-state index contributed by atoms with van der Waals surface area (Å²) in [5.74, 6) is 0.766. The molecule has 0 spiro atoms. The van der Waals surface area contributed by atoms with Crippen LogP contribution in [0.5, 0.6) is 0 Å². The van der Waals surface area contributed by atoms with E-state index >= 15 is 0 Å². The molecule has 0 radical (unpaired) electrons. The molecule has 4 heterocycles. The maximum Gasteiger partial charge on any atom is 0.264 e. The number of amides is 1. The maximum absolute atomic E-state index is 13.1. The van der Waals surface area contributed by atoms with Crippen molar-refractivity contribution in [1.29, 1.82) is 0 Å². The Morgan fingerprint density at radius 3 is 2.73 bits per heavy atom. The number of carbonyl (C=O) groups excluding carboxylic acids is 1. The molecule has 5 nitrogen and oxygen atoms in total. The lowest BCUT2D eigenvalue weighted by Crippen LogP contribution is -2.38. The van der Waals surface area contributed by atoms with Crippen molar-refractivity contribution < 1.29 is 9.53 Å². The normalized spacial score (nSPS) is 21.0. The summed E-state index contributed by atoms with van der Waals surface area (Å²) < 4.78 is 5.51. The second-order valence-corrected chi connectivity index (χ2v) is 8.19. The van der Waals surface area contributed by atoms with E-state index in [9.17, 15) is 4.79 Å². The lowest BCUT2D eigenvalue weighted by atomic mass is 10.00. The van der Waals surface area contributed by atoms with Crippen LogP contribution in [-0.2, 0) is 4.74 Å². The Hall–Kier alpha value is -1.92. The maximum atomic E-state index is 13.1. The van der Waals surface area contributed by atoms with Crippen LogP contribution in [-0.4, -0.2) is 55.2 Å². The van der Waals surface area contributed by atoms with E-state index in [1.54, 1.807) is 11.3 Å². The number of morpholine rings is 1. The number of ether oxygens (including phenoxy) is 1. The molecule has 0 aromatic carbocycles. The zero-order valence-electron chi connectivity index (χ0n) is 15.2. The highest BCUT2D eigenvalue weighted by Gasteiger charge is 2.26. The molecular formula is C20H25N3O2S. The van der Waals surface area contributed by atoms with E-state index in [1.165, 1.54) is 11.4 Å². The molecule has 6 heteroatoms. The SMILES string of the molecule is C[C@@H]1CCCN(C(=O)c2cc(-c3ccncc3)c(N3CCOCC3)s2)C1. The topological polar surface area (TPSA) is 45.7 Å².